The number of allylic oxidation sites excluding steroid dienone is 5. The van der Waals surface area contributed by atoms with E-state index >= 15 is 0 Å². The molecule has 3 nitrogen and oxygen atoms in total. The Morgan fingerprint density at radius 3 is 2.37 bits per heavy atom. The second-order valence-corrected chi connectivity index (χ2v) is 3.86. The van der Waals surface area contributed by atoms with E-state index in [9.17, 15) is 0 Å². The molecule has 0 amide bonds. The van der Waals surface area contributed by atoms with Crippen LogP contribution < -0.4 is 5.32 Å². The van der Waals surface area contributed by atoms with Gasteiger partial charge in [0.2, 0.25) is 0 Å². The fraction of sp³-hybridized carbons (Fsp3) is 0.375. The highest BCUT2D eigenvalue weighted by Crippen LogP contribution is 2.17. The molecule has 3 heteroatoms. The van der Waals surface area contributed by atoms with Gasteiger partial charge in [0.05, 0.1) is 5.69 Å². The molecule has 104 valence electrons. The lowest BCUT2D eigenvalue weighted by Crippen LogP contribution is -1.99. The van der Waals surface area contributed by atoms with Gasteiger partial charge < -0.3 is 5.32 Å². The molecule has 1 heterocycles. The number of rotatable bonds is 4. The molecule has 1 aromatic rings. The molecule has 1 rings (SSSR count). The third-order valence-corrected chi connectivity index (χ3v) is 2.25. The maximum atomic E-state index is 4.43. The number of nitrogens with one attached hydrogen (secondary N) is 1. The van der Waals surface area contributed by atoms with Crippen LogP contribution in [0.5, 0.6) is 0 Å². The normalized spacial score (nSPS) is 10.9. The van der Waals surface area contributed by atoms with Gasteiger partial charge in [-0.25, -0.2) is 9.97 Å². The molecule has 1 N–H and O–H groups in total. The quantitative estimate of drug-likeness (QED) is 0.815. The van der Waals surface area contributed by atoms with Crippen molar-refractivity contribution in [3.05, 3.63) is 48.0 Å². The number of aromatic nitrogens is 2. The number of aryl methyl sites for hydroxylation is 1. The molecule has 0 unspecified atom stereocenters. The summed E-state index contributed by atoms with van der Waals surface area (Å²) >= 11 is 0. The largest absolute Gasteiger partial charge is 0.373 e. The molecule has 0 aliphatic rings. The summed E-state index contributed by atoms with van der Waals surface area (Å²) in [6, 6.07) is 1.94. The van der Waals surface area contributed by atoms with Gasteiger partial charge in [-0.05, 0) is 26.3 Å². The van der Waals surface area contributed by atoms with Crippen LogP contribution in [0.25, 0.3) is 5.57 Å². The van der Waals surface area contributed by atoms with E-state index in [0.29, 0.717) is 0 Å². The van der Waals surface area contributed by atoms with Crippen molar-refractivity contribution in [2.24, 2.45) is 0 Å². The van der Waals surface area contributed by atoms with Crippen LogP contribution in [0.15, 0.2) is 36.4 Å². The first-order chi connectivity index (χ1) is 9.06. The van der Waals surface area contributed by atoms with Gasteiger partial charge in [-0.3, -0.25) is 0 Å². The molecular weight excluding hydrogens is 234 g/mol. The maximum Gasteiger partial charge on any atom is 0.130 e. The molecule has 0 aliphatic heterocycles. The second kappa shape index (κ2) is 9.09. The highest BCUT2D eigenvalue weighted by Gasteiger charge is 2.03. The Morgan fingerprint density at radius 1 is 1.26 bits per heavy atom. The first kappa shape index (κ1) is 17.1. The van der Waals surface area contributed by atoms with Crippen LogP contribution >= 0.6 is 0 Å². The van der Waals surface area contributed by atoms with E-state index in [2.05, 4.69) is 21.9 Å². The monoisotopic (exact) mass is 259 g/mol. The van der Waals surface area contributed by atoms with Crippen molar-refractivity contribution in [1.29, 1.82) is 0 Å². The van der Waals surface area contributed by atoms with E-state index in [-0.39, 0.29) is 0 Å². The minimum Gasteiger partial charge on any atom is -0.373 e. The molecule has 0 saturated carbocycles. The van der Waals surface area contributed by atoms with E-state index < -0.39 is 0 Å². The Bertz CT molecular complexity index is 471. The lowest BCUT2D eigenvalue weighted by atomic mass is 10.1. The molecule has 0 radical (unpaired) electrons. The lowest BCUT2D eigenvalue weighted by molar-refractivity contribution is 1.04. The van der Waals surface area contributed by atoms with Crippen LogP contribution in [-0.2, 0) is 0 Å². The fourth-order valence-corrected chi connectivity index (χ4v) is 1.41. The van der Waals surface area contributed by atoms with Crippen molar-refractivity contribution >= 4 is 11.4 Å². The van der Waals surface area contributed by atoms with E-state index in [1.807, 2.05) is 66.0 Å². The average Bonchev–Trinajstić information content (AvgIpc) is 2.40. The Hall–Kier alpha value is -1.90. The fourth-order valence-electron chi connectivity index (χ4n) is 1.41. The molecule has 0 saturated heterocycles. The lowest BCUT2D eigenvalue weighted by Gasteiger charge is -2.06. The van der Waals surface area contributed by atoms with E-state index in [0.717, 1.165) is 28.5 Å². The summed E-state index contributed by atoms with van der Waals surface area (Å²) in [6.07, 6.45) is 6.02. The Morgan fingerprint density at radius 2 is 1.89 bits per heavy atom. The average molecular weight is 259 g/mol. The minimum atomic E-state index is 0.759. The van der Waals surface area contributed by atoms with Crippen LogP contribution in [0, 0.1) is 6.92 Å². The summed E-state index contributed by atoms with van der Waals surface area (Å²) in [5, 5.41) is 3.03. The van der Waals surface area contributed by atoms with Crippen LogP contribution in [0.4, 0.5) is 5.82 Å². The number of hydrogen-bond donors (Lipinski definition) is 1. The number of anilines is 1. The smallest absolute Gasteiger partial charge is 0.130 e. The van der Waals surface area contributed by atoms with Crippen molar-refractivity contribution in [1.82, 2.24) is 9.97 Å². The Labute approximate surface area is 117 Å². The Kier molecular flexibility index (Phi) is 8.18. The van der Waals surface area contributed by atoms with Crippen molar-refractivity contribution in [2.75, 3.05) is 12.4 Å². The second-order valence-electron chi connectivity index (χ2n) is 3.86. The SMILES string of the molecule is C=C(C)/C=C\C(=C/C)c1cc(NC)nc(C)n1.CC. The molecule has 19 heavy (non-hydrogen) atoms. The van der Waals surface area contributed by atoms with Gasteiger partial charge in [0.25, 0.3) is 0 Å². The minimum absolute atomic E-state index is 0.759. The molecular formula is C16H25N3. The summed E-state index contributed by atoms with van der Waals surface area (Å²) in [7, 11) is 1.85. The van der Waals surface area contributed by atoms with E-state index in [1.165, 1.54) is 0 Å². The number of nitrogens with zero attached hydrogens (tertiary/aromatic N) is 2. The van der Waals surface area contributed by atoms with Crippen molar-refractivity contribution < 1.29 is 0 Å². The molecule has 0 atom stereocenters. The standard InChI is InChI=1S/C14H19N3.C2H6/c1-6-12(8-7-10(2)3)13-9-14(15-5)17-11(4)16-13;1-2/h6-9H,2H2,1,3-5H3,(H,15,16,17);1-2H3/b8-7-,12-6+;. The summed E-state index contributed by atoms with van der Waals surface area (Å²) in [5.41, 5.74) is 3.00. The summed E-state index contributed by atoms with van der Waals surface area (Å²) < 4.78 is 0. The molecule has 1 aromatic heterocycles. The molecule has 0 aliphatic carbocycles. The predicted octanol–water partition coefficient (Wildman–Crippen LogP) is 4.39. The van der Waals surface area contributed by atoms with Crippen molar-refractivity contribution in [3.63, 3.8) is 0 Å². The zero-order valence-electron chi connectivity index (χ0n) is 12.9. The summed E-state index contributed by atoms with van der Waals surface area (Å²) in [6.45, 7) is 13.7. The summed E-state index contributed by atoms with van der Waals surface area (Å²) in [4.78, 5) is 8.70. The van der Waals surface area contributed by atoms with Crippen LogP contribution in [-0.4, -0.2) is 17.0 Å². The first-order valence-corrected chi connectivity index (χ1v) is 6.60. The molecule has 0 aromatic carbocycles. The Balaban J connectivity index is 0.00000154. The maximum absolute atomic E-state index is 4.43. The van der Waals surface area contributed by atoms with Gasteiger partial charge in [-0.15, -0.1) is 0 Å². The van der Waals surface area contributed by atoms with Gasteiger partial charge in [0, 0.05) is 13.1 Å². The van der Waals surface area contributed by atoms with Gasteiger partial charge in [-0.1, -0.05) is 44.2 Å². The van der Waals surface area contributed by atoms with Gasteiger partial charge in [0.1, 0.15) is 11.6 Å². The van der Waals surface area contributed by atoms with Crippen LogP contribution in [0.3, 0.4) is 0 Å². The zero-order valence-corrected chi connectivity index (χ0v) is 12.9. The van der Waals surface area contributed by atoms with Crippen molar-refractivity contribution in [3.8, 4) is 0 Å². The predicted molar refractivity (Wildman–Crippen MR) is 85.3 cm³/mol. The topological polar surface area (TPSA) is 37.8 Å². The zero-order chi connectivity index (χ0) is 14.8. The molecule has 0 bridgehead atoms. The highest BCUT2D eigenvalue weighted by molar-refractivity contribution is 5.73. The van der Waals surface area contributed by atoms with Crippen molar-refractivity contribution in [2.45, 2.75) is 34.6 Å². The van der Waals surface area contributed by atoms with Crippen LogP contribution in [0.1, 0.15) is 39.2 Å². The third kappa shape index (κ3) is 6.00. The van der Waals surface area contributed by atoms with E-state index in [4.69, 9.17) is 0 Å². The summed E-state index contributed by atoms with van der Waals surface area (Å²) in [5.74, 6) is 1.59. The highest BCUT2D eigenvalue weighted by atomic mass is 15.0. The van der Waals surface area contributed by atoms with Gasteiger partial charge in [-0.2, -0.15) is 0 Å². The molecule has 0 fully saturated rings. The van der Waals surface area contributed by atoms with Gasteiger partial charge in [0.15, 0.2) is 0 Å². The first-order valence-electron chi connectivity index (χ1n) is 6.60. The van der Waals surface area contributed by atoms with Gasteiger partial charge >= 0.3 is 0 Å². The number of hydrogen-bond acceptors (Lipinski definition) is 3. The van der Waals surface area contributed by atoms with Crippen LogP contribution in [0.2, 0.25) is 0 Å². The van der Waals surface area contributed by atoms with E-state index in [1.54, 1.807) is 0 Å². The molecule has 0 spiro atoms. The third-order valence-electron chi connectivity index (χ3n) is 2.25.